The molecule has 0 bridgehead atoms. The van der Waals surface area contributed by atoms with Crippen LogP contribution in [0.2, 0.25) is 0 Å². The third kappa shape index (κ3) is 6.52. The highest BCUT2D eigenvalue weighted by molar-refractivity contribution is 5.43. The lowest BCUT2D eigenvalue weighted by molar-refractivity contribution is -0.122. The largest absolute Gasteiger partial charge is 0.493 e. The van der Waals surface area contributed by atoms with E-state index in [-0.39, 0.29) is 17.4 Å². The van der Waals surface area contributed by atoms with Crippen LogP contribution in [0.3, 0.4) is 0 Å². The molecular formula is C28H44O5. The van der Waals surface area contributed by atoms with Crippen molar-refractivity contribution in [2.45, 2.75) is 78.1 Å². The monoisotopic (exact) mass is 460 g/mol. The van der Waals surface area contributed by atoms with Crippen LogP contribution in [0.1, 0.15) is 64.9 Å². The Morgan fingerprint density at radius 2 is 2.00 bits per heavy atom. The zero-order valence-electron chi connectivity index (χ0n) is 21.3. The van der Waals surface area contributed by atoms with Crippen molar-refractivity contribution >= 4 is 0 Å². The first-order valence-electron chi connectivity index (χ1n) is 12.6. The fraction of sp³-hybridized carbons (Fsp3) is 0.714. The number of hydrogen-bond acceptors (Lipinski definition) is 5. The average molecular weight is 461 g/mol. The molecule has 3 rings (SSSR count). The summed E-state index contributed by atoms with van der Waals surface area (Å²) in [6.45, 7) is 12.0. The molecule has 186 valence electrons. The average Bonchev–Trinajstić information content (AvgIpc) is 3.47. The van der Waals surface area contributed by atoms with Gasteiger partial charge in [-0.1, -0.05) is 38.5 Å². The van der Waals surface area contributed by atoms with Gasteiger partial charge in [0.1, 0.15) is 0 Å². The van der Waals surface area contributed by atoms with Gasteiger partial charge in [-0.15, -0.1) is 0 Å². The number of hydrogen-bond donors (Lipinski definition) is 1. The van der Waals surface area contributed by atoms with Gasteiger partial charge in [0, 0.05) is 26.1 Å². The Labute approximate surface area is 200 Å². The van der Waals surface area contributed by atoms with Gasteiger partial charge in [0.15, 0.2) is 17.8 Å². The molecule has 1 heterocycles. The number of aliphatic hydroxyl groups is 1. The summed E-state index contributed by atoms with van der Waals surface area (Å²) in [5, 5.41) is 10.4. The second kappa shape index (κ2) is 11.7. The third-order valence-corrected chi connectivity index (χ3v) is 7.92. The van der Waals surface area contributed by atoms with Crippen molar-refractivity contribution in [1.82, 2.24) is 0 Å². The van der Waals surface area contributed by atoms with E-state index in [0.29, 0.717) is 25.0 Å². The Bertz CT molecular complexity index is 772. The predicted molar refractivity (Wildman–Crippen MR) is 132 cm³/mol. The number of aliphatic hydroxyl groups excluding tert-OH is 1. The Balaban J connectivity index is 1.70. The second-order valence-electron chi connectivity index (χ2n) is 10.3. The quantitative estimate of drug-likeness (QED) is 0.281. The minimum Gasteiger partial charge on any atom is -0.493 e. The number of rotatable bonds is 14. The van der Waals surface area contributed by atoms with Gasteiger partial charge in [-0.25, -0.2) is 0 Å². The van der Waals surface area contributed by atoms with Crippen molar-refractivity contribution < 1.29 is 24.1 Å². The molecule has 1 aromatic rings. The van der Waals surface area contributed by atoms with Crippen molar-refractivity contribution in [2.75, 3.05) is 27.4 Å². The second-order valence-corrected chi connectivity index (χ2v) is 10.3. The van der Waals surface area contributed by atoms with E-state index < -0.39 is 6.29 Å². The summed E-state index contributed by atoms with van der Waals surface area (Å²) in [7, 11) is 3.39. The predicted octanol–water partition coefficient (Wildman–Crippen LogP) is 5.79. The van der Waals surface area contributed by atoms with Gasteiger partial charge in [0.25, 0.3) is 0 Å². The highest BCUT2D eigenvalue weighted by Gasteiger charge is 2.55. The molecule has 1 N–H and O–H groups in total. The minimum atomic E-state index is -0.702. The third-order valence-electron chi connectivity index (χ3n) is 7.92. The van der Waals surface area contributed by atoms with E-state index in [4.69, 9.17) is 18.9 Å². The molecule has 2 fully saturated rings. The van der Waals surface area contributed by atoms with Gasteiger partial charge in [0.05, 0.1) is 19.8 Å². The number of ether oxygens (including phenoxy) is 4. The van der Waals surface area contributed by atoms with Crippen LogP contribution in [0.4, 0.5) is 0 Å². The van der Waals surface area contributed by atoms with Gasteiger partial charge in [-0.2, -0.15) is 0 Å². The molecule has 0 radical (unpaired) electrons. The molecule has 2 unspecified atom stereocenters. The van der Waals surface area contributed by atoms with Gasteiger partial charge in [-0.05, 0) is 74.0 Å². The molecule has 1 aliphatic carbocycles. The number of benzene rings is 1. The topological polar surface area (TPSA) is 57.2 Å². The fourth-order valence-corrected chi connectivity index (χ4v) is 5.30. The normalized spacial score (nSPS) is 25.5. The van der Waals surface area contributed by atoms with E-state index in [0.717, 1.165) is 49.2 Å². The zero-order valence-corrected chi connectivity index (χ0v) is 21.3. The summed E-state index contributed by atoms with van der Waals surface area (Å²) in [6.07, 6.45) is 6.86. The lowest BCUT2D eigenvalue weighted by atomic mass is 9.76. The van der Waals surface area contributed by atoms with Crippen molar-refractivity contribution in [3.63, 3.8) is 0 Å². The molecule has 5 heteroatoms. The summed E-state index contributed by atoms with van der Waals surface area (Å²) >= 11 is 0. The highest BCUT2D eigenvalue weighted by atomic mass is 16.6. The Hall–Kier alpha value is -1.56. The van der Waals surface area contributed by atoms with Crippen molar-refractivity contribution in [1.29, 1.82) is 0 Å². The van der Waals surface area contributed by atoms with E-state index >= 15 is 0 Å². The highest BCUT2D eigenvalue weighted by Crippen LogP contribution is 2.59. The Morgan fingerprint density at radius 3 is 2.58 bits per heavy atom. The van der Waals surface area contributed by atoms with E-state index in [2.05, 4.69) is 32.6 Å². The van der Waals surface area contributed by atoms with Gasteiger partial charge >= 0.3 is 0 Å². The summed E-state index contributed by atoms with van der Waals surface area (Å²) in [4.78, 5) is 0. The maximum absolute atomic E-state index is 10.4. The van der Waals surface area contributed by atoms with Crippen LogP contribution in [-0.4, -0.2) is 44.9 Å². The van der Waals surface area contributed by atoms with E-state index in [1.54, 1.807) is 14.2 Å². The first kappa shape index (κ1) is 26.1. The summed E-state index contributed by atoms with van der Waals surface area (Å²) in [5.41, 5.74) is 2.51. The molecule has 0 aromatic heterocycles. The molecule has 33 heavy (non-hydrogen) atoms. The minimum absolute atomic E-state index is 0.0638. The van der Waals surface area contributed by atoms with Crippen LogP contribution in [-0.2, 0) is 15.9 Å². The standard InChI is InChI=1S/C28H44O5/c1-7-20(4)22(18-28(11-12-28)26-17-23(19(2)3)27(29)33-26)15-21-9-10-24(31-6)25(16-21)32-14-8-13-30-5/h9-10,16,20,22-23,26-27,29H,2,7-8,11-15,17-18H2,1,3-6H3/t20?,22-,23-,26-,27?/m0/s1. The first-order valence-corrected chi connectivity index (χ1v) is 12.6. The van der Waals surface area contributed by atoms with Crippen LogP contribution < -0.4 is 9.47 Å². The van der Waals surface area contributed by atoms with Crippen LogP contribution in [0, 0.1) is 23.2 Å². The molecular weight excluding hydrogens is 416 g/mol. The lowest BCUT2D eigenvalue weighted by Gasteiger charge is -2.31. The zero-order chi connectivity index (χ0) is 24.0. The van der Waals surface area contributed by atoms with Crippen LogP contribution in [0.25, 0.3) is 0 Å². The van der Waals surface area contributed by atoms with E-state index in [1.165, 1.54) is 18.4 Å². The maximum Gasteiger partial charge on any atom is 0.161 e. The van der Waals surface area contributed by atoms with E-state index in [9.17, 15) is 5.11 Å². The smallest absolute Gasteiger partial charge is 0.161 e. The Morgan fingerprint density at radius 1 is 1.24 bits per heavy atom. The molecule has 1 aliphatic heterocycles. The van der Waals surface area contributed by atoms with Gasteiger partial charge in [0.2, 0.25) is 0 Å². The van der Waals surface area contributed by atoms with Crippen molar-refractivity contribution in [2.24, 2.45) is 23.2 Å². The summed E-state index contributed by atoms with van der Waals surface area (Å²) in [5.74, 6) is 2.81. The van der Waals surface area contributed by atoms with Crippen LogP contribution >= 0.6 is 0 Å². The Kier molecular flexibility index (Phi) is 9.25. The van der Waals surface area contributed by atoms with E-state index in [1.807, 2.05) is 13.0 Å². The first-order chi connectivity index (χ1) is 15.8. The fourth-order valence-electron chi connectivity index (χ4n) is 5.30. The lowest BCUT2D eigenvalue weighted by Crippen LogP contribution is -2.28. The molecule has 5 atom stereocenters. The SMILES string of the molecule is C=C(C)[C@@H]1C[C@@H](C2(C[C@H](Cc3ccc(OC)c(OCCCOC)c3)C(C)CC)CC2)OC1O. The molecule has 5 nitrogen and oxygen atoms in total. The molecule has 0 spiro atoms. The summed E-state index contributed by atoms with van der Waals surface area (Å²) in [6, 6.07) is 6.34. The molecule has 2 aliphatic rings. The van der Waals surface area contributed by atoms with Crippen molar-refractivity contribution in [3.05, 3.63) is 35.9 Å². The van der Waals surface area contributed by atoms with Gasteiger partial charge in [-0.3, -0.25) is 0 Å². The molecule has 0 amide bonds. The van der Waals surface area contributed by atoms with Crippen LogP contribution in [0.5, 0.6) is 11.5 Å². The van der Waals surface area contributed by atoms with Crippen molar-refractivity contribution in [3.8, 4) is 11.5 Å². The van der Waals surface area contributed by atoms with Crippen LogP contribution in [0.15, 0.2) is 30.4 Å². The molecule has 1 aromatic carbocycles. The number of methoxy groups -OCH3 is 2. The van der Waals surface area contributed by atoms with Gasteiger partial charge < -0.3 is 24.1 Å². The maximum atomic E-state index is 10.4. The summed E-state index contributed by atoms with van der Waals surface area (Å²) < 4.78 is 22.8. The molecule has 1 saturated heterocycles. The molecule has 1 saturated carbocycles.